The predicted molar refractivity (Wildman–Crippen MR) is 120 cm³/mol. The van der Waals surface area contributed by atoms with Crippen molar-refractivity contribution in [2.45, 2.75) is 110 Å². The highest BCUT2D eigenvalue weighted by Gasteiger charge is 2.19. The highest BCUT2D eigenvalue weighted by molar-refractivity contribution is 5.79. The number of carbonyl (C=O) groups excluding carboxylic acids is 3. The van der Waals surface area contributed by atoms with Crippen molar-refractivity contribution in [3.05, 3.63) is 0 Å². The number of aliphatic carboxylic acids is 1. The summed E-state index contributed by atoms with van der Waals surface area (Å²) in [6.45, 7) is 3.88. The van der Waals surface area contributed by atoms with Crippen LogP contribution in [0.15, 0.2) is 0 Å². The van der Waals surface area contributed by atoms with Crippen molar-refractivity contribution < 1.29 is 38.5 Å². The van der Waals surface area contributed by atoms with E-state index in [0.29, 0.717) is 12.8 Å². The molecule has 0 bridgehead atoms. The molecule has 0 aromatic carbocycles. The Kier molecular flexibility index (Phi) is 19.6. The highest BCUT2D eigenvalue weighted by atomic mass is 16.6. The number of esters is 2. The Balaban J connectivity index is 4.33. The van der Waals surface area contributed by atoms with E-state index in [1.54, 1.807) is 0 Å². The van der Waals surface area contributed by atoms with Gasteiger partial charge in [-0.1, -0.05) is 65.2 Å². The maximum absolute atomic E-state index is 11.9. The van der Waals surface area contributed by atoms with Crippen LogP contribution < -0.4 is 0 Å². The molecule has 0 aromatic heterocycles. The molecule has 8 heteroatoms. The van der Waals surface area contributed by atoms with E-state index in [0.717, 1.165) is 64.2 Å². The van der Waals surface area contributed by atoms with Crippen LogP contribution in [-0.2, 0) is 33.4 Å². The first-order valence-electron chi connectivity index (χ1n) is 12.0. The molecule has 1 atom stereocenters. The molecule has 0 spiro atoms. The average Bonchev–Trinajstić information content (AvgIpc) is 2.75. The maximum atomic E-state index is 11.9. The summed E-state index contributed by atoms with van der Waals surface area (Å²) < 4.78 is 15.8. The standard InChI is InChI=1S/C24H42O8/c1-3-5-7-9-11-13-20(25)17-30-18-21(32-24(29)16-15-22(26)27)19-31-23(28)14-12-10-8-6-4-2/h21H,3-19H2,1-2H3,(H,26,27). The van der Waals surface area contributed by atoms with Crippen LogP contribution in [0.2, 0.25) is 0 Å². The van der Waals surface area contributed by atoms with Crippen LogP contribution in [0.4, 0.5) is 0 Å². The average molecular weight is 459 g/mol. The normalized spacial score (nSPS) is 11.7. The third-order valence-corrected chi connectivity index (χ3v) is 4.88. The molecular weight excluding hydrogens is 416 g/mol. The number of carboxylic acids is 1. The topological polar surface area (TPSA) is 116 Å². The Morgan fingerprint density at radius 2 is 1.28 bits per heavy atom. The zero-order valence-electron chi connectivity index (χ0n) is 19.9. The number of rotatable bonds is 22. The summed E-state index contributed by atoms with van der Waals surface area (Å²) in [5.74, 6) is -2.22. The van der Waals surface area contributed by atoms with Crippen LogP contribution in [-0.4, -0.2) is 54.7 Å². The van der Waals surface area contributed by atoms with E-state index in [9.17, 15) is 19.2 Å². The number of hydrogen-bond donors (Lipinski definition) is 1. The van der Waals surface area contributed by atoms with Gasteiger partial charge in [-0.15, -0.1) is 0 Å². The largest absolute Gasteiger partial charge is 0.481 e. The Bertz CT molecular complexity index is 532. The Hall–Kier alpha value is -1.96. The second kappa shape index (κ2) is 20.9. The van der Waals surface area contributed by atoms with Gasteiger partial charge < -0.3 is 19.3 Å². The Morgan fingerprint density at radius 3 is 1.88 bits per heavy atom. The molecule has 1 unspecified atom stereocenters. The van der Waals surface area contributed by atoms with Gasteiger partial charge in [-0.05, 0) is 12.8 Å². The molecule has 0 aliphatic heterocycles. The number of carboxylic acid groups (broad SMARTS) is 1. The molecule has 0 radical (unpaired) electrons. The molecule has 0 saturated carbocycles. The fourth-order valence-corrected chi connectivity index (χ4v) is 3.00. The van der Waals surface area contributed by atoms with E-state index in [2.05, 4.69) is 13.8 Å². The minimum atomic E-state index is -1.10. The zero-order valence-corrected chi connectivity index (χ0v) is 19.9. The molecular formula is C24H42O8. The Morgan fingerprint density at radius 1 is 0.688 bits per heavy atom. The van der Waals surface area contributed by atoms with Crippen molar-refractivity contribution in [1.82, 2.24) is 0 Å². The van der Waals surface area contributed by atoms with E-state index in [4.69, 9.17) is 19.3 Å². The van der Waals surface area contributed by atoms with Crippen molar-refractivity contribution in [2.75, 3.05) is 19.8 Å². The molecule has 32 heavy (non-hydrogen) atoms. The summed E-state index contributed by atoms with van der Waals surface area (Å²) in [7, 11) is 0. The monoisotopic (exact) mass is 458 g/mol. The second-order valence-electron chi connectivity index (χ2n) is 8.07. The van der Waals surface area contributed by atoms with Gasteiger partial charge in [0, 0.05) is 12.8 Å². The third kappa shape index (κ3) is 20.0. The number of hydrogen-bond acceptors (Lipinski definition) is 7. The first kappa shape index (κ1) is 30.0. The molecule has 0 aromatic rings. The van der Waals surface area contributed by atoms with E-state index < -0.39 is 18.0 Å². The first-order valence-corrected chi connectivity index (χ1v) is 12.0. The van der Waals surface area contributed by atoms with E-state index in [1.807, 2.05) is 0 Å². The summed E-state index contributed by atoms with van der Waals surface area (Å²) in [6, 6.07) is 0. The lowest BCUT2D eigenvalue weighted by molar-refractivity contribution is -0.164. The Labute approximate surface area is 192 Å². The number of unbranched alkanes of at least 4 members (excludes halogenated alkanes) is 8. The fourth-order valence-electron chi connectivity index (χ4n) is 3.00. The molecule has 1 N–H and O–H groups in total. The molecule has 0 aliphatic carbocycles. The van der Waals surface area contributed by atoms with Crippen LogP contribution >= 0.6 is 0 Å². The summed E-state index contributed by atoms with van der Waals surface area (Å²) in [5.41, 5.74) is 0. The smallest absolute Gasteiger partial charge is 0.306 e. The summed E-state index contributed by atoms with van der Waals surface area (Å²) >= 11 is 0. The molecule has 0 rings (SSSR count). The second-order valence-corrected chi connectivity index (χ2v) is 8.07. The summed E-state index contributed by atoms with van der Waals surface area (Å²) in [4.78, 5) is 46.3. The zero-order chi connectivity index (χ0) is 24.0. The minimum Gasteiger partial charge on any atom is -0.481 e. The van der Waals surface area contributed by atoms with Crippen molar-refractivity contribution in [1.29, 1.82) is 0 Å². The number of Topliss-reactive ketones (excluding diaryl/α,β-unsaturated/α-hetero) is 1. The van der Waals surface area contributed by atoms with E-state index in [-0.39, 0.29) is 44.4 Å². The van der Waals surface area contributed by atoms with Crippen LogP contribution in [0, 0.1) is 0 Å². The fraction of sp³-hybridized carbons (Fsp3) is 0.833. The van der Waals surface area contributed by atoms with Gasteiger partial charge in [-0.2, -0.15) is 0 Å². The minimum absolute atomic E-state index is 0.0264. The van der Waals surface area contributed by atoms with Crippen LogP contribution in [0.3, 0.4) is 0 Å². The van der Waals surface area contributed by atoms with Gasteiger partial charge in [0.2, 0.25) is 0 Å². The lowest BCUT2D eigenvalue weighted by Gasteiger charge is -2.18. The molecule has 0 amide bonds. The molecule has 0 aliphatic rings. The van der Waals surface area contributed by atoms with Gasteiger partial charge in [0.25, 0.3) is 0 Å². The first-order chi connectivity index (χ1) is 15.4. The van der Waals surface area contributed by atoms with Crippen molar-refractivity contribution in [3.63, 3.8) is 0 Å². The van der Waals surface area contributed by atoms with Crippen molar-refractivity contribution >= 4 is 23.7 Å². The van der Waals surface area contributed by atoms with Crippen LogP contribution in [0.25, 0.3) is 0 Å². The highest BCUT2D eigenvalue weighted by Crippen LogP contribution is 2.08. The third-order valence-electron chi connectivity index (χ3n) is 4.88. The lowest BCUT2D eigenvalue weighted by Crippen LogP contribution is -2.30. The van der Waals surface area contributed by atoms with E-state index >= 15 is 0 Å². The van der Waals surface area contributed by atoms with Crippen LogP contribution in [0.1, 0.15) is 104 Å². The summed E-state index contributed by atoms with van der Waals surface area (Å²) in [5, 5.41) is 8.69. The molecule has 0 heterocycles. The number of carbonyl (C=O) groups is 4. The molecule has 0 saturated heterocycles. The van der Waals surface area contributed by atoms with Gasteiger partial charge in [-0.3, -0.25) is 19.2 Å². The van der Waals surface area contributed by atoms with Gasteiger partial charge in [0.05, 0.1) is 19.4 Å². The van der Waals surface area contributed by atoms with Gasteiger partial charge in [-0.25, -0.2) is 0 Å². The predicted octanol–water partition coefficient (Wildman–Crippen LogP) is 4.61. The number of ether oxygens (including phenoxy) is 3. The molecule has 0 fully saturated rings. The van der Waals surface area contributed by atoms with Crippen molar-refractivity contribution in [2.24, 2.45) is 0 Å². The summed E-state index contributed by atoms with van der Waals surface area (Å²) in [6.07, 6.45) is 9.53. The van der Waals surface area contributed by atoms with E-state index in [1.165, 1.54) is 0 Å². The van der Waals surface area contributed by atoms with Crippen molar-refractivity contribution in [3.8, 4) is 0 Å². The SMILES string of the molecule is CCCCCCCC(=O)COCC(COC(=O)CCCCCCC)OC(=O)CCC(=O)O. The maximum Gasteiger partial charge on any atom is 0.306 e. The lowest BCUT2D eigenvalue weighted by atomic mass is 10.1. The van der Waals surface area contributed by atoms with Crippen LogP contribution in [0.5, 0.6) is 0 Å². The quantitative estimate of drug-likeness (QED) is 0.185. The van der Waals surface area contributed by atoms with Gasteiger partial charge in [0.1, 0.15) is 13.2 Å². The van der Waals surface area contributed by atoms with Gasteiger partial charge in [0.15, 0.2) is 11.9 Å². The number of ketones is 1. The molecule has 8 nitrogen and oxygen atoms in total. The molecule has 186 valence electrons. The van der Waals surface area contributed by atoms with Gasteiger partial charge >= 0.3 is 17.9 Å².